The molecule has 0 radical (unpaired) electrons. The normalized spacial score (nSPS) is 10.1. The molecule has 2 N–H and O–H groups in total. The molecule has 0 unspecified atom stereocenters. The number of benzene rings is 1. The largest absolute Gasteiger partial charge is 0.495 e. The molecule has 0 aliphatic carbocycles. The van der Waals surface area contributed by atoms with Gasteiger partial charge in [0.15, 0.2) is 0 Å². The molecule has 0 saturated carbocycles. The molecule has 6 heteroatoms. The van der Waals surface area contributed by atoms with Crippen molar-refractivity contribution in [2.45, 2.75) is 0 Å². The monoisotopic (exact) mass is 385 g/mol. The third kappa shape index (κ3) is 3.39. The van der Waals surface area contributed by atoms with E-state index in [1.54, 1.807) is 7.11 Å². The highest BCUT2D eigenvalue weighted by molar-refractivity contribution is 9.11. The van der Waals surface area contributed by atoms with Crippen molar-refractivity contribution in [3.8, 4) is 5.75 Å². The summed E-state index contributed by atoms with van der Waals surface area (Å²) >= 11 is 6.95. The Balaban J connectivity index is 2.32. The number of nitrogens with zero attached hydrogens (tertiary/aromatic N) is 1. The van der Waals surface area contributed by atoms with Crippen molar-refractivity contribution >= 4 is 49.2 Å². The summed E-state index contributed by atoms with van der Waals surface area (Å²) in [4.78, 5) is 4.41. The average molecular weight is 387 g/mol. The van der Waals surface area contributed by atoms with E-state index in [4.69, 9.17) is 4.74 Å². The highest BCUT2D eigenvalue weighted by atomic mass is 79.9. The lowest BCUT2D eigenvalue weighted by Crippen LogP contribution is -1.98. The highest BCUT2D eigenvalue weighted by Gasteiger charge is 2.08. The first-order chi connectivity index (χ1) is 9.13. The molecule has 0 bridgehead atoms. The molecule has 0 spiro atoms. The van der Waals surface area contributed by atoms with Crippen LogP contribution in [0.5, 0.6) is 5.75 Å². The molecule has 0 fully saturated rings. The van der Waals surface area contributed by atoms with Gasteiger partial charge in [-0.1, -0.05) is 6.07 Å². The standard InChI is InChI=1S/C13H13Br2N3O/c1-16-12-4-3-5-13(18-12)17-10-7-11(19-2)9(15)6-8(10)14/h3-7H,1-2H3,(H2,16,17,18). The molecule has 0 atom stereocenters. The maximum absolute atomic E-state index is 5.28. The molecule has 19 heavy (non-hydrogen) atoms. The van der Waals surface area contributed by atoms with Gasteiger partial charge in [-0.05, 0) is 50.1 Å². The number of hydrogen-bond acceptors (Lipinski definition) is 4. The van der Waals surface area contributed by atoms with Crippen molar-refractivity contribution in [1.29, 1.82) is 0 Å². The Kier molecular flexibility index (Phi) is 4.66. The fraction of sp³-hybridized carbons (Fsp3) is 0.154. The lowest BCUT2D eigenvalue weighted by atomic mass is 10.3. The molecule has 2 rings (SSSR count). The van der Waals surface area contributed by atoms with Crippen molar-refractivity contribution in [1.82, 2.24) is 4.98 Å². The lowest BCUT2D eigenvalue weighted by molar-refractivity contribution is 0.412. The van der Waals surface area contributed by atoms with Crippen LogP contribution in [-0.4, -0.2) is 19.1 Å². The molecular formula is C13H13Br2N3O. The summed E-state index contributed by atoms with van der Waals surface area (Å²) < 4.78 is 7.10. The van der Waals surface area contributed by atoms with E-state index in [1.165, 1.54) is 0 Å². The molecule has 0 amide bonds. The Hall–Kier alpha value is -1.27. The van der Waals surface area contributed by atoms with E-state index in [-0.39, 0.29) is 0 Å². The van der Waals surface area contributed by atoms with Crippen LogP contribution in [0.25, 0.3) is 0 Å². The van der Waals surface area contributed by atoms with Crippen LogP contribution in [0.4, 0.5) is 17.3 Å². The second-order valence-electron chi connectivity index (χ2n) is 3.75. The summed E-state index contributed by atoms with van der Waals surface area (Å²) in [5.41, 5.74) is 0.890. The first kappa shape index (κ1) is 14.1. The topological polar surface area (TPSA) is 46.2 Å². The van der Waals surface area contributed by atoms with Crippen LogP contribution < -0.4 is 15.4 Å². The summed E-state index contributed by atoms with van der Waals surface area (Å²) in [6.45, 7) is 0. The van der Waals surface area contributed by atoms with Gasteiger partial charge in [0.05, 0.1) is 17.3 Å². The molecule has 1 aromatic carbocycles. The van der Waals surface area contributed by atoms with Crippen LogP contribution >= 0.6 is 31.9 Å². The number of pyridine rings is 1. The minimum Gasteiger partial charge on any atom is -0.495 e. The number of halogens is 2. The Bertz CT molecular complexity index is 590. The third-order valence-electron chi connectivity index (χ3n) is 2.51. The Morgan fingerprint density at radius 1 is 1.11 bits per heavy atom. The number of nitrogens with one attached hydrogen (secondary N) is 2. The fourth-order valence-corrected chi connectivity index (χ4v) is 2.82. The van der Waals surface area contributed by atoms with Gasteiger partial charge in [-0.15, -0.1) is 0 Å². The van der Waals surface area contributed by atoms with E-state index in [0.717, 1.165) is 32.0 Å². The zero-order valence-corrected chi connectivity index (χ0v) is 13.7. The molecule has 0 aliphatic rings. The molecule has 100 valence electrons. The Labute approximate surface area is 128 Å². The van der Waals surface area contributed by atoms with Gasteiger partial charge in [-0.2, -0.15) is 0 Å². The van der Waals surface area contributed by atoms with Gasteiger partial charge in [0.25, 0.3) is 0 Å². The van der Waals surface area contributed by atoms with Gasteiger partial charge in [-0.25, -0.2) is 4.98 Å². The second-order valence-corrected chi connectivity index (χ2v) is 5.46. The maximum Gasteiger partial charge on any atom is 0.135 e. The molecule has 1 aromatic heterocycles. The van der Waals surface area contributed by atoms with Crippen molar-refractivity contribution in [3.63, 3.8) is 0 Å². The third-order valence-corrected chi connectivity index (χ3v) is 3.79. The minimum atomic E-state index is 0.760. The van der Waals surface area contributed by atoms with E-state index in [1.807, 2.05) is 37.4 Å². The van der Waals surface area contributed by atoms with Crippen LogP contribution in [0.15, 0.2) is 39.3 Å². The summed E-state index contributed by atoms with van der Waals surface area (Å²) in [5.74, 6) is 2.33. The van der Waals surface area contributed by atoms with Crippen LogP contribution in [0.3, 0.4) is 0 Å². The summed E-state index contributed by atoms with van der Waals surface area (Å²) in [6.07, 6.45) is 0. The SMILES string of the molecule is CNc1cccc(Nc2cc(OC)c(Br)cc2Br)n1. The average Bonchev–Trinajstić information content (AvgIpc) is 2.42. The molecule has 0 saturated heterocycles. The number of rotatable bonds is 4. The van der Waals surface area contributed by atoms with E-state index in [2.05, 4.69) is 47.5 Å². The van der Waals surface area contributed by atoms with Crippen LogP contribution in [0.2, 0.25) is 0 Å². The molecule has 2 aromatic rings. The van der Waals surface area contributed by atoms with Gasteiger partial charge >= 0.3 is 0 Å². The quantitative estimate of drug-likeness (QED) is 0.817. The first-order valence-electron chi connectivity index (χ1n) is 5.59. The molecule has 0 aliphatic heterocycles. The summed E-state index contributed by atoms with van der Waals surface area (Å²) in [7, 11) is 3.47. The van der Waals surface area contributed by atoms with E-state index >= 15 is 0 Å². The van der Waals surface area contributed by atoms with Gasteiger partial charge in [-0.3, -0.25) is 0 Å². The van der Waals surface area contributed by atoms with Gasteiger partial charge < -0.3 is 15.4 Å². The zero-order valence-electron chi connectivity index (χ0n) is 10.5. The van der Waals surface area contributed by atoms with E-state index < -0.39 is 0 Å². The molecule has 1 heterocycles. The van der Waals surface area contributed by atoms with Crippen molar-refractivity contribution in [3.05, 3.63) is 39.3 Å². The van der Waals surface area contributed by atoms with Crippen molar-refractivity contribution in [2.24, 2.45) is 0 Å². The Morgan fingerprint density at radius 3 is 2.53 bits per heavy atom. The summed E-state index contributed by atoms with van der Waals surface area (Å²) in [5, 5.41) is 6.25. The van der Waals surface area contributed by atoms with Crippen LogP contribution in [-0.2, 0) is 0 Å². The van der Waals surface area contributed by atoms with Crippen LogP contribution in [0.1, 0.15) is 0 Å². The smallest absolute Gasteiger partial charge is 0.135 e. The van der Waals surface area contributed by atoms with Gasteiger partial charge in [0, 0.05) is 17.6 Å². The minimum absolute atomic E-state index is 0.760. The number of aromatic nitrogens is 1. The van der Waals surface area contributed by atoms with Crippen molar-refractivity contribution < 1.29 is 4.74 Å². The number of ether oxygens (including phenoxy) is 1. The highest BCUT2D eigenvalue weighted by Crippen LogP contribution is 2.35. The second kappa shape index (κ2) is 6.25. The lowest BCUT2D eigenvalue weighted by Gasteiger charge is -2.12. The molecule has 4 nitrogen and oxygen atoms in total. The maximum atomic E-state index is 5.28. The molecular weight excluding hydrogens is 374 g/mol. The first-order valence-corrected chi connectivity index (χ1v) is 7.17. The zero-order chi connectivity index (χ0) is 13.8. The number of hydrogen-bond donors (Lipinski definition) is 2. The van der Waals surface area contributed by atoms with E-state index in [9.17, 15) is 0 Å². The predicted octanol–water partition coefficient (Wildman–Crippen LogP) is 4.40. The number of methoxy groups -OCH3 is 1. The predicted molar refractivity (Wildman–Crippen MR) is 85.5 cm³/mol. The van der Waals surface area contributed by atoms with E-state index in [0.29, 0.717) is 0 Å². The van der Waals surface area contributed by atoms with Crippen molar-refractivity contribution in [2.75, 3.05) is 24.8 Å². The Morgan fingerprint density at radius 2 is 1.84 bits per heavy atom. The van der Waals surface area contributed by atoms with Gasteiger partial charge in [0.1, 0.15) is 17.4 Å². The van der Waals surface area contributed by atoms with Gasteiger partial charge in [0.2, 0.25) is 0 Å². The summed E-state index contributed by atoms with van der Waals surface area (Å²) in [6, 6.07) is 9.58. The fourth-order valence-electron chi connectivity index (χ4n) is 1.56. The van der Waals surface area contributed by atoms with Crippen LogP contribution in [0, 0.1) is 0 Å². The number of anilines is 3.